The van der Waals surface area contributed by atoms with E-state index in [0.717, 1.165) is 17.0 Å². The molecule has 0 spiro atoms. The summed E-state index contributed by atoms with van der Waals surface area (Å²) in [6, 6.07) is 17.8. The van der Waals surface area contributed by atoms with Gasteiger partial charge in [0.05, 0.1) is 0 Å². The number of benzene rings is 2. The molecule has 28 heavy (non-hydrogen) atoms. The summed E-state index contributed by atoms with van der Waals surface area (Å²) in [5.41, 5.74) is 2.22. The van der Waals surface area contributed by atoms with Crippen LogP contribution < -0.4 is 16.0 Å². The lowest BCUT2D eigenvalue weighted by molar-refractivity contribution is 0.0954. The SMILES string of the molecule is CN=C(NCCNC(=O)c1ccccc1)NCC1(c2cccc(Br)c2)CC1.I. The Morgan fingerprint density at radius 2 is 1.75 bits per heavy atom. The standard InChI is InChI=1S/C21H25BrN4O.HI/c1-23-20(25-13-12-24-19(27)16-6-3-2-4-7-16)26-15-21(10-11-21)17-8-5-9-18(22)14-17;/h2-9,14H,10-13,15H2,1H3,(H,24,27)(H2,23,25,26);1H. The highest BCUT2D eigenvalue weighted by atomic mass is 127. The van der Waals surface area contributed by atoms with Crippen LogP contribution in [-0.4, -0.2) is 38.5 Å². The predicted molar refractivity (Wildman–Crippen MR) is 129 cm³/mol. The van der Waals surface area contributed by atoms with E-state index < -0.39 is 0 Å². The second kappa shape index (κ2) is 10.8. The van der Waals surface area contributed by atoms with Gasteiger partial charge in [-0.05, 0) is 42.7 Å². The zero-order valence-electron chi connectivity index (χ0n) is 15.9. The zero-order chi connectivity index (χ0) is 19.1. The van der Waals surface area contributed by atoms with E-state index in [4.69, 9.17) is 0 Å². The number of carbonyl (C=O) groups excluding carboxylic acids is 1. The third-order valence-electron chi connectivity index (χ3n) is 4.85. The minimum atomic E-state index is -0.0630. The molecule has 0 bridgehead atoms. The molecule has 0 heterocycles. The maximum atomic E-state index is 12.0. The van der Waals surface area contributed by atoms with E-state index in [2.05, 4.69) is 61.1 Å². The van der Waals surface area contributed by atoms with Crippen LogP contribution in [0, 0.1) is 0 Å². The molecule has 0 radical (unpaired) electrons. The summed E-state index contributed by atoms with van der Waals surface area (Å²) in [5, 5.41) is 9.58. The van der Waals surface area contributed by atoms with E-state index in [9.17, 15) is 4.79 Å². The number of nitrogens with one attached hydrogen (secondary N) is 3. The first-order chi connectivity index (χ1) is 13.1. The van der Waals surface area contributed by atoms with Crippen LogP contribution in [0.3, 0.4) is 0 Å². The van der Waals surface area contributed by atoms with Crippen LogP contribution in [0.1, 0.15) is 28.8 Å². The van der Waals surface area contributed by atoms with E-state index in [1.54, 1.807) is 19.2 Å². The Morgan fingerprint density at radius 1 is 1.04 bits per heavy atom. The smallest absolute Gasteiger partial charge is 0.251 e. The first-order valence-corrected chi connectivity index (χ1v) is 9.96. The van der Waals surface area contributed by atoms with Gasteiger partial charge in [0, 0.05) is 42.1 Å². The van der Waals surface area contributed by atoms with Crippen LogP contribution in [0.5, 0.6) is 0 Å². The van der Waals surface area contributed by atoms with Gasteiger partial charge in [-0.3, -0.25) is 9.79 Å². The summed E-state index contributed by atoms with van der Waals surface area (Å²) in [5.74, 6) is 0.692. The van der Waals surface area contributed by atoms with Crippen molar-refractivity contribution in [1.82, 2.24) is 16.0 Å². The Kier molecular flexibility index (Phi) is 8.75. The van der Waals surface area contributed by atoms with E-state index in [1.165, 1.54) is 18.4 Å². The van der Waals surface area contributed by atoms with Crippen LogP contribution in [0.4, 0.5) is 0 Å². The molecule has 1 fully saturated rings. The van der Waals surface area contributed by atoms with Gasteiger partial charge in [0.25, 0.3) is 5.91 Å². The van der Waals surface area contributed by atoms with Gasteiger partial charge in [0.15, 0.2) is 5.96 Å². The summed E-state index contributed by atoms with van der Waals surface area (Å²) in [7, 11) is 1.76. The van der Waals surface area contributed by atoms with Crippen molar-refractivity contribution in [2.75, 3.05) is 26.7 Å². The average molecular weight is 557 g/mol. The van der Waals surface area contributed by atoms with Gasteiger partial charge >= 0.3 is 0 Å². The zero-order valence-corrected chi connectivity index (χ0v) is 19.8. The number of nitrogens with zero attached hydrogens (tertiary/aromatic N) is 1. The summed E-state index contributed by atoms with van der Waals surface area (Å²) >= 11 is 3.56. The molecule has 0 unspecified atom stereocenters. The second-order valence-corrected chi connectivity index (χ2v) is 7.68. The van der Waals surface area contributed by atoms with Gasteiger partial charge in [-0.15, -0.1) is 24.0 Å². The topological polar surface area (TPSA) is 65.5 Å². The van der Waals surface area contributed by atoms with Crippen molar-refractivity contribution < 1.29 is 4.79 Å². The third-order valence-corrected chi connectivity index (χ3v) is 5.34. The van der Waals surface area contributed by atoms with Crippen LogP contribution in [0.25, 0.3) is 0 Å². The fourth-order valence-electron chi connectivity index (χ4n) is 3.06. The fraction of sp³-hybridized carbons (Fsp3) is 0.333. The molecule has 0 aliphatic heterocycles. The Labute approximate surface area is 191 Å². The highest BCUT2D eigenvalue weighted by Gasteiger charge is 2.44. The van der Waals surface area contributed by atoms with Gasteiger partial charge in [0.2, 0.25) is 0 Å². The third kappa shape index (κ3) is 6.20. The molecule has 2 aromatic rings. The normalized spacial score (nSPS) is 14.6. The van der Waals surface area contributed by atoms with Gasteiger partial charge in [-0.25, -0.2) is 0 Å². The van der Waals surface area contributed by atoms with E-state index in [-0.39, 0.29) is 35.3 Å². The Bertz CT molecular complexity index is 809. The molecule has 1 aliphatic rings. The van der Waals surface area contributed by atoms with Crippen molar-refractivity contribution in [3.63, 3.8) is 0 Å². The molecular weight excluding hydrogens is 531 g/mol. The number of rotatable bonds is 7. The number of carbonyl (C=O) groups is 1. The second-order valence-electron chi connectivity index (χ2n) is 6.77. The Hall–Kier alpha value is -1.61. The number of amides is 1. The molecule has 2 aromatic carbocycles. The minimum absolute atomic E-state index is 0. The predicted octanol–water partition coefficient (Wildman–Crippen LogP) is 3.69. The first-order valence-electron chi connectivity index (χ1n) is 9.17. The molecule has 5 nitrogen and oxygen atoms in total. The van der Waals surface area contributed by atoms with Crippen molar-refractivity contribution >= 4 is 51.8 Å². The lowest BCUT2D eigenvalue weighted by Crippen LogP contribution is -2.44. The van der Waals surface area contributed by atoms with Crippen molar-refractivity contribution in [3.8, 4) is 0 Å². The quantitative estimate of drug-likeness (QED) is 0.211. The van der Waals surface area contributed by atoms with Gasteiger partial charge in [0.1, 0.15) is 0 Å². The molecule has 1 saturated carbocycles. The molecule has 1 aliphatic carbocycles. The Morgan fingerprint density at radius 3 is 2.39 bits per heavy atom. The number of hydrogen-bond donors (Lipinski definition) is 3. The largest absolute Gasteiger partial charge is 0.356 e. The molecule has 0 aromatic heterocycles. The number of halogens is 2. The van der Waals surface area contributed by atoms with E-state index >= 15 is 0 Å². The number of aliphatic imine (C=N–C) groups is 1. The number of hydrogen-bond acceptors (Lipinski definition) is 2. The van der Waals surface area contributed by atoms with Gasteiger partial charge in [-0.2, -0.15) is 0 Å². The molecule has 3 rings (SSSR count). The molecule has 1 amide bonds. The van der Waals surface area contributed by atoms with Crippen molar-refractivity contribution in [2.24, 2.45) is 4.99 Å². The maximum Gasteiger partial charge on any atom is 0.251 e. The van der Waals surface area contributed by atoms with Crippen LogP contribution in [0.15, 0.2) is 64.1 Å². The molecule has 3 N–H and O–H groups in total. The lowest BCUT2D eigenvalue weighted by Gasteiger charge is -2.19. The van der Waals surface area contributed by atoms with Crippen LogP contribution in [-0.2, 0) is 5.41 Å². The first kappa shape index (κ1) is 22.7. The van der Waals surface area contributed by atoms with Gasteiger partial charge in [-0.1, -0.05) is 46.3 Å². The summed E-state index contributed by atoms with van der Waals surface area (Å²) < 4.78 is 1.11. The average Bonchev–Trinajstić information content (AvgIpc) is 3.49. The maximum absolute atomic E-state index is 12.0. The lowest BCUT2D eigenvalue weighted by atomic mass is 9.96. The fourth-order valence-corrected chi connectivity index (χ4v) is 3.46. The van der Waals surface area contributed by atoms with Crippen molar-refractivity contribution in [2.45, 2.75) is 18.3 Å². The molecule has 0 saturated heterocycles. The Balaban J connectivity index is 0.00000280. The monoisotopic (exact) mass is 556 g/mol. The summed E-state index contributed by atoms with van der Waals surface area (Å²) in [6.45, 7) is 1.99. The van der Waals surface area contributed by atoms with Crippen LogP contribution >= 0.6 is 39.9 Å². The van der Waals surface area contributed by atoms with Crippen LogP contribution in [0.2, 0.25) is 0 Å². The molecule has 0 atom stereocenters. The highest BCUT2D eigenvalue weighted by Crippen LogP contribution is 2.48. The van der Waals surface area contributed by atoms with E-state index in [1.807, 2.05) is 18.2 Å². The minimum Gasteiger partial charge on any atom is -0.356 e. The summed E-state index contributed by atoms with van der Waals surface area (Å²) in [6.07, 6.45) is 2.36. The number of guanidine groups is 1. The molecule has 7 heteroatoms. The van der Waals surface area contributed by atoms with E-state index in [0.29, 0.717) is 18.7 Å². The molecule has 150 valence electrons. The highest BCUT2D eigenvalue weighted by molar-refractivity contribution is 14.0. The van der Waals surface area contributed by atoms with Gasteiger partial charge < -0.3 is 16.0 Å². The van der Waals surface area contributed by atoms with Crippen molar-refractivity contribution in [3.05, 3.63) is 70.2 Å². The molecular formula is C21H26BrIN4O. The van der Waals surface area contributed by atoms with Crippen molar-refractivity contribution in [1.29, 1.82) is 0 Å². The summed E-state index contributed by atoms with van der Waals surface area (Å²) in [4.78, 5) is 16.3.